The maximum absolute atomic E-state index is 12.6. The van der Waals surface area contributed by atoms with Crippen LogP contribution in [0.25, 0.3) is 0 Å². The van der Waals surface area contributed by atoms with Gasteiger partial charge in [-0.15, -0.1) is 0 Å². The topological polar surface area (TPSA) is 95.6 Å². The number of ketones is 1. The maximum atomic E-state index is 12.6. The van der Waals surface area contributed by atoms with Crippen molar-refractivity contribution in [1.29, 1.82) is 0 Å². The molecule has 0 aromatic heterocycles. The monoisotopic (exact) mass is 379 g/mol. The number of carbonyl (C=O) groups is 4. The molecule has 2 N–H and O–H groups in total. The lowest BCUT2D eigenvalue weighted by molar-refractivity contribution is -0.122. The number of anilines is 3. The van der Waals surface area contributed by atoms with Crippen LogP contribution >= 0.6 is 0 Å². The second-order valence-corrected chi connectivity index (χ2v) is 6.76. The van der Waals surface area contributed by atoms with Gasteiger partial charge in [0.1, 0.15) is 0 Å². The Labute approximate surface area is 162 Å². The molecule has 7 nitrogen and oxygen atoms in total. The number of Topliss-reactive ketones (excluding diaryl/α,β-unsaturated/α-hetero) is 1. The summed E-state index contributed by atoms with van der Waals surface area (Å²) in [6, 6.07) is 13.6. The molecule has 1 aliphatic rings. The zero-order valence-electron chi connectivity index (χ0n) is 15.7. The van der Waals surface area contributed by atoms with Gasteiger partial charge in [-0.1, -0.05) is 6.07 Å². The highest BCUT2D eigenvalue weighted by Gasteiger charge is 2.35. The standard InChI is InChI=1S/C21H21N3O4/c1-13(25)15-6-8-17(9-7-15)23-21(28)16-10-20(27)24(12-16)19-5-3-4-18(11-19)22-14(2)26/h3-9,11,16H,10,12H2,1-2H3,(H,22,26)(H,23,28). The highest BCUT2D eigenvalue weighted by molar-refractivity contribution is 6.04. The number of hydrogen-bond donors (Lipinski definition) is 2. The molecule has 2 aromatic rings. The van der Waals surface area contributed by atoms with Crippen molar-refractivity contribution in [3.8, 4) is 0 Å². The number of hydrogen-bond acceptors (Lipinski definition) is 4. The van der Waals surface area contributed by atoms with E-state index in [1.807, 2.05) is 0 Å². The number of benzene rings is 2. The van der Waals surface area contributed by atoms with E-state index in [1.54, 1.807) is 53.4 Å². The summed E-state index contributed by atoms with van der Waals surface area (Å²) in [6.45, 7) is 3.16. The second kappa shape index (κ2) is 8.04. The van der Waals surface area contributed by atoms with Crippen LogP contribution in [0.2, 0.25) is 0 Å². The van der Waals surface area contributed by atoms with Crippen molar-refractivity contribution in [3.05, 3.63) is 54.1 Å². The summed E-state index contributed by atoms with van der Waals surface area (Å²) in [5, 5.41) is 5.48. The Morgan fingerprint density at radius 2 is 1.68 bits per heavy atom. The van der Waals surface area contributed by atoms with Gasteiger partial charge in [-0.05, 0) is 49.4 Å². The van der Waals surface area contributed by atoms with Gasteiger partial charge in [-0.25, -0.2) is 0 Å². The third-order valence-corrected chi connectivity index (χ3v) is 4.53. The molecule has 28 heavy (non-hydrogen) atoms. The van der Waals surface area contributed by atoms with Gasteiger partial charge in [-0.3, -0.25) is 19.2 Å². The highest BCUT2D eigenvalue weighted by Crippen LogP contribution is 2.28. The van der Waals surface area contributed by atoms with Crippen molar-refractivity contribution in [2.24, 2.45) is 5.92 Å². The van der Waals surface area contributed by atoms with Crippen LogP contribution < -0.4 is 15.5 Å². The Balaban J connectivity index is 1.67. The Morgan fingerprint density at radius 1 is 0.964 bits per heavy atom. The average molecular weight is 379 g/mol. The second-order valence-electron chi connectivity index (χ2n) is 6.76. The molecule has 1 saturated heterocycles. The van der Waals surface area contributed by atoms with E-state index in [-0.39, 0.29) is 36.5 Å². The van der Waals surface area contributed by atoms with Gasteiger partial charge in [0, 0.05) is 42.5 Å². The molecular weight excluding hydrogens is 358 g/mol. The molecule has 144 valence electrons. The van der Waals surface area contributed by atoms with Gasteiger partial charge in [0.05, 0.1) is 5.92 Å². The molecule has 7 heteroatoms. The van der Waals surface area contributed by atoms with Crippen molar-refractivity contribution >= 4 is 40.6 Å². The van der Waals surface area contributed by atoms with Crippen LogP contribution in [0.15, 0.2) is 48.5 Å². The van der Waals surface area contributed by atoms with Gasteiger partial charge < -0.3 is 15.5 Å². The van der Waals surface area contributed by atoms with E-state index in [0.29, 0.717) is 22.6 Å². The van der Waals surface area contributed by atoms with Crippen LogP contribution in [-0.2, 0) is 14.4 Å². The first-order chi connectivity index (χ1) is 13.3. The third-order valence-electron chi connectivity index (χ3n) is 4.53. The molecule has 1 unspecified atom stereocenters. The molecule has 0 bridgehead atoms. The first-order valence-corrected chi connectivity index (χ1v) is 8.93. The minimum absolute atomic E-state index is 0.0450. The molecule has 1 aliphatic heterocycles. The van der Waals surface area contributed by atoms with E-state index in [4.69, 9.17) is 0 Å². The maximum Gasteiger partial charge on any atom is 0.229 e. The Morgan fingerprint density at radius 3 is 2.32 bits per heavy atom. The number of nitrogens with one attached hydrogen (secondary N) is 2. The largest absolute Gasteiger partial charge is 0.326 e. The molecule has 2 aromatic carbocycles. The zero-order valence-corrected chi connectivity index (χ0v) is 15.7. The van der Waals surface area contributed by atoms with E-state index in [2.05, 4.69) is 10.6 Å². The normalized spacial score (nSPS) is 16.0. The minimum Gasteiger partial charge on any atom is -0.326 e. The molecule has 0 aliphatic carbocycles. The molecular formula is C21H21N3O4. The predicted octanol–water partition coefficient (Wildman–Crippen LogP) is 2.84. The van der Waals surface area contributed by atoms with Crippen LogP contribution in [0.1, 0.15) is 30.6 Å². The number of nitrogens with zero attached hydrogens (tertiary/aromatic N) is 1. The van der Waals surface area contributed by atoms with Gasteiger partial charge in [0.15, 0.2) is 5.78 Å². The number of rotatable bonds is 5. The van der Waals surface area contributed by atoms with Crippen LogP contribution in [0.3, 0.4) is 0 Å². The van der Waals surface area contributed by atoms with Crippen molar-refractivity contribution < 1.29 is 19.2 Å². The van der Waals surface area contributed by atoms with Crippen LogP contribution in [-0.4, -0.2) is 30.0 Å². The van der Waals surface area contributed by atoms with Crippen molar-refractivity contribution in [1.82, 2.24) is 0 Å². The predicted molar refractivity (Wildman–Crippen MR) is 106 cm³/mol. The minimum atomic E-state index is -0.482. The summed E-state index contributed by atoms with van der Waals surface area (Å²) in [6.07, 6.45) is 0.113. The summed E-state index contributed by atoms with van der Waals surface area (Å²) < 4.78 is 0. The molecule has 1 atom stereocenters. The summed E-state index contributed by atoms with van der Waals surface area (Å²) in [4.78, 5) is 49.1. The molecule has 3 rings (SSSR count). The molecule has 0 spiro atoms. The molecule has 3 amide bonds. The van der Waals surface area contributed by atoms with E-state index in [9.17, 15) is 19.2 Å². The highest BCUT2D eigenvalue weighted by atomic mass is 16.2. The lowest BCUT2D eigenvalue weighted by Crippen LogP contribution is -2.28. The van der Waals surface area contributed by atoms with Crippen molar-refractivity contribution in [2.75, 3.05) is 22.1 Å². The van der Waals surface area contributed by atoms with Crippen LogP contribution in [0.5, 0.6) is 0 Å². The molecule has 0 radical (unpaired) electrons. The fourth-order valence-electron chi connectivity index (χ4n) is 3.12. The SMILES string of the molecule is CC(=O)Nc1cccc(N2CC(C(=O)Nc3ccc(C(C)=O)cc3)CC2=O)c1. The van der Waals surface area contributed by atoms with E-state index < -0.39 is 5.92 Å². The summed E-state index contributed by atoms with van der Waals surface area (Å²) in [5.74, 6) is -1.12. The van der Waals surface area contributed by atoms with Crippen molar-refractivity contribution in [3.63, 3.8) is 0 Å². The lowest BCUT2D eigenvalue weighted by atomic mass is 10.1. The summed E-state index contributed by atoms with van der Waals surface area (Å²) in [7, 11) is 0. The van der Waals surface area contributed by atoms with Gasteiger partial charge >= 0.3 is 0 Å². The number of amides is 3. The lowest BCUT2D eigenvalue weighted by Gasteiger charge is -2.18. The van der Waals surface area contributed by atoms with Crippen LogP contribution in [0, 0.1) is 5.92 Å². The molecule has 0 saturated carbocycles. The van der Waals surface area contributed by atoms with E-state index in [1.165, 1.54) is 13.8 Å². The fourth-order valence-corrected chi connectivity index (χ4v) is 3.12. The zero-order chi connectivity index (χ0) is 20.3. The van der Waals surface area contributed by atoms with Crippen LogP contribution in [0.4, 0.5) is 17.1 Å². The number of carbonyl (C=O) groups excluding carboxylic acids is 4. The third kappa shape index (κ3) is 4.43. The Hall–Kier alpha value is -3.48. The van der Waals surface area contributed by atoms with Gasteiger partial charge in [0.2, 0.25) is 17.7 Å². The fraction of sp³-hybridized carbons (Fsp3) is 0.238. The van der Waals surface area contributed by atoms with E-state index in [0.717, 1.165) is 0 Å². The van der Waals surface area contributed by atoms with Gasteiger partial charge in [0.25, 0.3) is 0 Å². The Kier molecular flexibility index (Phi) is 5.54. The molecule has 1 fully saturated rings. The van der Waals surface area contributed by atoms with Gasteiger partial charge in [-0.2, -0.15) is 0 Å². The van der Waals surface area contributed by atoms with Crippen molar-refractivity contribution in [2.45, 2.75) is 20.3 Å². The Bertz CT molecular complexity index is 937. The first kappa shape index (κ1) is 19.3. The first-order valence-electron chi connectivity index (χ1n) is 8.93. The molecule has 1 heterocycles. The summed E-state index contributed by atoms with van der Waals surface area (Å²) in [5.41, 5.74) is 2.38. The van der Waals surface area contributed by atoms with E-state index >= 15 is 0 Å². The quantitative estimate of drug-likeness (QED) is 0.781. The average Bonchev–Trinajstić information content (AvgIpc) is 3.04. The summed E-state index contributed by atoms with van der Waals surface area (Å²) >= 11 is 0. The smallest absolute Gasteiger partial charge is 0.229 e.